The quantitative estimate of drug-likeness (QED) is 0.438. The van der Waals surface area contributed by atoms with E-state index in [1.54, 1.807) is 36.2 Å². The highest BCUT2D eigenvalue weighted by atomic mass is 35.5. The summed E-state index contributed by atoms with van der Waals surface area (Å²) in [6.07, 6.45) is 1.55. The minimum Gasteiger partial charge on any atom is -0.342 e. The molecule has 7 heteroatoms. The summed E-state index contributed by atoms with van der Waals surface area (Å²) < 4.78 is 13.1. The van der Waals surface area contributed by atoms with Crippen molar-refractivity contribution in [1.82, 2.24) is 20.1 Å². The van der Waals surface area contributed by atoms with Gasteiger partial charge in [0.2, 0.25) is 0 Å². The lowest BCUT2D eigenvalue weighted by Gasteiger charge is -2.17. The summed E-state index contributed by atoms with van der Waals surface area (Å²) in [5, 5.41) is 8.61. The Morgan fingerprint density at radius 2 is 1.90 bits per heavy atom. The van der Waals surface area contributed by atoms with Gasteiger partial charge in [-0.3, -0.25) is 9.89 Å². The van der Waals surface area contributed by atoms with Crippen LogP contribution in [0.4, 0.5) is 4.39 Å². The SMILES string of the molecule is CN(CCCc1cc(-c2ccc(F)cc2)n[nH]1)C(=O)c1ccc2nc(Cl)ccc2c1. The molecule has 0 unspecified atom stereocenters. The van der Waals surface area contributed by atoms with E-state index in [4.69, 9.17) is 11.6 Å². The predicted octanol–water partition coefficient (Wildman–Crippen LogP) is 5.12. The van der Waals surface area contributed by atoms with E-state index in [9.17, 15) is 9.18 Å². The fourth-order valence-corrected chi connectivity index (χ4v) is 3.47. The maximum atomic E-state index is 13.1. The summed E-state index contributed by atoms with van der Waals surface area (Å²) in [6.45, 7) is 0.612. The van der Waals surface area contributed by atoms with E-state index < -0.39 is 0 Å². The van der Waals surface area contributed by atoms with Crippen LogP contribution in [0.5, 0.6) is 0 Å². The smallest absolute Gasteiger partial charge is 0.253 e. The van der Waals surface area contributed by atoms with Crippen molar-refractivity contribution in [2.24, 2.45) is 0 Å². The first kappa shape index (κ1) is 20.0. The first-order valence-electron chi connectivity index (χ1n) is 9.61. The van der Waals surface area contributed by atoms with Crippen LogP contribution in [-0.2, 0) is 6.42 Å². The van der Waals surface area contributed by atoms with E-state index in [1.165, 1.54) is 12.1 Å². The first-order chi connectivity index (χ1) is 14.5. The molecule has 30 heavy (non-hydrogen) atoms. The number of pyridine rings is 1. The third-order valence-corrected chi connectivity index (χ3v) is 5.17. The normalized spacial score (nSPS) is 11.0. The number of carbonyl (C=O) groups excluding carboxylic acids is 1. The fourth-order valence-electron chi connectivity index (χ4n) is 3.32. The Bertz CT molecular complexity index is 1190. The molecule has 4 aromatic rings. The van der Waals surface area contributed by atoms with Gasteiger partial charge in [0.15, 0.2) is 0 Å². The van der Waals surface area contributed by atoms with Crippen molar-refractivity contribution < 1.29 is 9.18 Å². The van der Waals surface area contributed by atoms with Crippen LogP contribution in [0.15, 0.2) is 60.7 Å². The van der Waals surface area contributed by atoms with Crippen LogP contribution in [0.3, 0.4) is 0 Å². The molecule has 0 spiro atoms. The average molecular weight is 423 g/mol. The number of H-pyrrole nitrogens is 1. The number of benzene rings is 2. The molecule has 1 N–H and O–H groups in total. The minimum absolute atomic E-state index is 0.0385. The van der Waals surface area contributed by atoms with Crippen molar-refractivity contribution in [2.45, 2.75) is 12.8 Å². The van der Waals surface area contributed by atoms with Gasteiger partial charge in [-0.25, -0.2) is 9.37 Å². The van der Waals surface area contributed by atoms with Gasteiger partial charge < -0.3 is 4.90 Å². The molecule has 0 saturated heterocycles. The van der Waals surface area contributed by atoms with Gasteiger partial charge in [0.1, 0.15) is 11.0 Å². The van der Waals surface area contributed by atoms with E-state index in [1.807, 2.05) is 24.3 Å². The number of rotatable bonds is 6. The van der Waals surface area contributed by atoms with Gasteiger partial charge in [0, 0.05) is 35.8 Å². The van der Waals surface area contributed by atoms with Gasteiger partial charge in [-0.15, -0.1) is 0 Å². The molecular weight excluding hydrogens is 403 g/mol. The van der Waals surface area contributed by atoms with Crippen molar-refractivity contribution in [3.05, 3.63) is 82.9 Å². The molecule has 0 bridgehead atoms. The van der Waals surface area contributed by atoms with Gasteiger partial charge in [-0.05, 0) is 73.5 Å². The zero-order valence-corrected chi connectivity index (χ0v) is 17.2. The molecule has 2 aromatic heterocycles. The Morgan fingerprint density at radius 3 is 2.70 bits per heavy atom. The van der Waals surface area contributed by atoms with E-state index in [-0.39, 0.29) is 11.7 Å². The average Bonchev–Trinajstić information content (AvgIpc) is 3.22. The second kappa shape index (κ2) is 8.63. The number of hydrogen-bond donors (Lipinski definition) is 1. The second-order valence-electron chi connectivity index (χ2n) is 7.16. The number of amides is 1. The highest BCUT2D eigenvalue weighted by Crippen LogP contribution is 2.20. The predicted molar refractivity (Wildman–Crippen MR) is 116 cm³/mol. The van der Waals surface area contributed by atoms with Crippen LogP contribution >= 0.6 is 11.6 Å². The largest absolute Gasteiger partial charge is 0.342 e. The molecule has 0 aliphatic carbocycles. The third kappa shape index (κ3) is 4.49. The zero-order valence-electron chi connectivity index (χ0n) is 16.4. The zero-order chi connectivity index (χ0) is 21.1. The summed E-state index contributed by atoms with van der Waals surface area (Å²) in [4.78, 5) is 18.7. The van der Waals surface area contributed by atoms with Crippen molar-refractivity contribution in [2.75, 3.05) is 13.6 Å². The summed E-state index contributed by atoms with van der Waals surface area (Å²) >= 11 is 5.91. The lowest BCUT2D eigenvalue weighted by Crippen LogP contribution is -2.28. The Hall–Kier alpha value is -3.25. The molecule has 0 fully saturated rings. The fraction of sp³-hybridized carbons (Fsp3) is 0.174. The maximum absolute atomic E-state index is 13.1. The number of aromatic amines is 1. The van der Waals surface area contributed by atoms with Crippen molar-refractivity contribution >= 4 is 28.4 Å². The Labute approximate surface area is 178 Å². The molecule has 0 aliphatic heterocycles. The maximum Gasteiger partial charge on any atom is 0.253 e. The van der Waals surface area contributed by atoms with Crippen LogP contribution in [0, 0.1) is 5.82 Å². The lowest BCUT2D eigenvalue weighted by atomic mass is 10.1. The van der Waals surface area contributed by atoms with Gasteiger partial charge in [-0.1, -0.05) is 11.6 Å². The first-order valence-corrected chi connectivity index (χ1v) is 9.99. The summed E-state index contributed by atoms with van der Waals surface area (Å²) in [7, 11) is 1.80. The molecule has 4 rings (SSSR count). The molecule has 0 atom stereocenters. The molecule has 152 valence electrons. The van der Waals surface area contributed by atoms with E-state index in [0.29, 0.717) is 17.3 Å². The van der Waals surface area contributed by atoms with Gasteiger partial charge in [0.25, 0.3) is 5.91 Å². The summed E-state index contributed by atoms with van der Waals surface area (Å²) in [5.74, 6) is -0.308. The van der Waals surface area contributed by atoms with Crippen molar-refractivity contribution in [1.29, 1.82) is 0 Å². The Morgan fingerprint density at radius 1 is 1.10 bits per heavy atom. The van der Waals surface area contributed by atoms with Crippen LogP contribution in [0.1, 0.15) is 22.5 Å². The van der Waals surface area contributed by atoms with Crippen LogP contribution in [0.2, 0.25) is 5.15 Å². The molecule has 0 aliphatic rings. The number of hydrogen-bond acceptors (Lipinski definition) is 3. The number of nitrogens with one attached hydrogen (secondary N) is 1. The molecule has 1 amide bonds. The molecule has 0 saturated carbocycles. The van der Waals surface area contributed by atoms with Crippen molar-refractivity contribution in [3.63, 3.8) is 0 Å². The second-order valence-corrected chi connectivity index (χ2v) is 7.54. The highest BCUT2D eigenvalue weighted by Gasteiger charge is 2.13. The number of carbonyl (C=O) groups is 1. The van der Waals surface area contributed by atoms with Crippen LogP contribution in [0.25, 0.3) is 22.2 Å². The number of nitrogens with zero attached hydrogens (tertiary/aromatic N) is 3. The van der Waals surface area contributed by atoms with E-state index >= 15 is 0 Å². The van der Waals surface area contributed by atoms with Crippen molar-refractivity contribution in [3.8, 4) is 11.3 Å². The molecule has 2 aromatic carbocycles. The van der Waals surface area contributed by atoms with Gasteiger partial charge >= 0.3 is 0 Å². The van der Waals surface area contributed by atoms with E-state index in [2.05, 4.69) is 15.2 Å². The molecular formula is C23H20ClFN4O. The standard InChI is InChI=1S/C23H20ClFN4O/c1-29(23(30)17-6-10-20-16(13-17)7-11-22(24)26-20)12-2-3-19-14-21(28-27-19)15-4-8-18(25)9-5-15/h4-11,13-14H,2-3,12H2,1H3,(H,27,28). The Balaban J connectivity index is 1.34. The summed E-state index contributed by atoms with van der Waals surface area (Å²) in [5.41, 5.74) is 3.99. The number of aryl methyl sites for hydroxylation is 1. The van der Waals surface area contributed by atoms with Gasteiger partial charge in [0.05, 0.1) is 11.2 Å². The lowest BCUT2D eigenvalue weighted by molar-refractivity contribution is 0.0793. The van der Waals surface area contributed by atoms with Gasteiger partial charge in [-0.2, -0.15) is 5.10 Å². The number of fused-ring (bicyclic) bond motifs is 1. The molecule has 5 nitrogen and oxygen atoms in total. The third-order valence-electron chi connectivity index (χ3n) is 4.96. The molecule has 0 radical (unpaired) electrons. The van der Waals surface area contributed by atoms with E-state index in [0.717, 1.165) is 40.7 Å². The minimum atomic E-state index is -0.270. The van der Waals surface area contributed by atoms with Crippen LogP contribution in [-0.4, -0.2) is 39.6 Å². The number of aromatic nitrogens is 3. The molecule has 2 heterocycles. The topological polar surface area (TPSA) is 61.9 Å². The Kier molecular flexibility index (Phi) is 5.77. The monoisotopic (exact) mass is 422 g/mol. The summed E-state index contributed by atoms with van der Waals surface area (Å²) in [6, 6.07) is 17.2. The van der Waals surface area contributed by atoms with Crippen LogP contribution < -0.4 is 0 Å². The number of halogens is 2. The highest BCUT2D eigenvalue weighted by molar-refractivity contribution is 6.29.